The molecule has 0 aliphatic rings. The summed E-state index contributed by atoms with van der Waals surface area (Å²) in [6.45, 7) is 3.94. The molecule has 0 aromatic carbocycles. The minimum atomic E-state index is 0. The standard InChI is InChI=1S/C9H21N3S.HI/c1-3-4-6-11-9(10)12-7-5-8-13-2;/h3-8H2,1-2H3,(H3,10,11,12);1H. The molecule has 0 aromatic rings. The maximum absolute atomic E-state index is 5.63. The first-order chi connectivity index (χ1) is 6.31. The Morgan fingerprint density at radius 2 is 2.14 bits per heavy atom. The molecular formula is C9H22IN3S. The summed E-state index contributed by atoms with van der Waals surface area (Å²) in [7, 11) is 0. The van der Waals surface area contributed by atoms with Gasteiger partial charge >= 0.3 is 0 Å². The zero-order valence-corrected chi connectivity index (χ0v) is 12.2. The number of aliphatic imine (C=N–C) groups is 1. The molecular weight excluding hydrogens is 309 g/mol. The Balaban J connectivity index is 0. The molecule has 0 spiro atoms. The number of thioether (sulfide) groups is 1. The van der Waals surface area contributed by atoms with E-state index >= 15 is 0 Å². The molecule has 3 N–H and O–H groups in total. The SMILES string of the molecule is CCCCNC(N)=NCCCSC.I. The van der Waals surface area contributed by atoms with Gasteiger partial charge in [0.05, 0.1) is 0 Å². The number of nitrogens with one attached hydrogen (secondary N) is 1. The van der Waals surface area contributed by atoms with Crippen molar-refractivity contribution in [3.63, 3.8) is 0 Å². The first kappa shape index (κ1) is 16.8. The van der Waals surface area contributed by atoms with E-state index in [1.807, 2.05) is 11.8 Å². The Hall–Kier alpha value is 0.350. The van der Waals surface area contributed by atoms with Gasteiger partial charge in [0.25, 0.3) is 0 Å². The number of hydrogen-bond donors (Lipinski definition) is 2. The van der Waals surface area contributed by atoms with Crippen LogP contribution in [0.1, 0.15) is 26.2 Å². The number of rotatable bonds is 7. The Morgan fingerprint density at radius 3 is 2.71 bits per heavy atom. The summed E-state index contributed by atoms with van der Waals surface area (Å²) in [5.41, 5.74) is 5.63. The fourth-order valence-corrected chi connectivity index (χ4v) is 1.28. The highest BCUT2D eigenvalue weighted by molar-refractivity contribution is 14.0. The maximum Gasteiger partial charge on any atom is 0.188 e. The van der Waals surface area contributed by atoms with E-state index in [0.29, 0.717) is 5.96 Å². The van der Waals surface area contributed by atoms with E-state index in [-0.39, 0.29) is 24.0 Å². The van der Waals surface area contributed by atoms with Crippen LogP contribution in [-0.4, -0.2) is 31.1 Å². The lowest BCUT2D eigenvalue weighted by atomic mass is 10.3. The van der Waals surface area contributed by atoms with E-state index in [4.69, 9.17) is 5.73 Å². The van der Waals surface area contributed by atoms with Crippen molar-refractivity contribution in [1.29, 1.82) is 0 Å². The van der Waals surface area contributed by atoms with Gasteiger partial charge in [-0.05, 0) is 24.9 Å². The van der Waals surface area contributed by atoms with E-state index in [1.54, 1.807) is 0 Å². The van der Waals surface area contributed by atoms with Crippen LogP contribution in [0.3, 0.4) is 0 Å². The van der Waals surface area contributed by atoms with Gasteiger partial charge in [-0.15, -0.1) is 24.0 Å². The highest BCUT2D eigenvalue weighted by atomic mass is 127. The lowest BCUT2D eigenvalue weighted by Gasteiger charge is -2.03. The summed E-state index contributed by atoms with van der Waals surface area (Å²) in [5.74, 6) is 1.75. The van der Waals surface area contributed by atoms with Crippen molar-refractivity contribution in [3.8, 4) is 0 Å². The van der Waals surface area contributed by atoms with Crippen molar-refractivity contribution >= 4 is 41.7 Å². The van der Waals surface area contributed by atoms with Crippen LogP contribution in [0.4, 0.5) is 0 Å². The third kappa shape index (κ3) is 12.3. The van der Waals surface area contributed by atoms with E-state index in [9.17, 15) is 0 Å². The number of hydrogen-bond acceptors (Lipinski definition) is 2. The van der Waals surface area contributed by atoms with Gasteiger partial charge in [0.1, 0.15) is 0 Å². The van der Waals surface area contributed by atoms with Crippen LogP contribution in [-0.2, 0) is 0 Å². The minimum Gasteiger partial charge on any atom is -0.370 e. The number of unbranched alkanes of at least 4 members (excludes halogenated alkanes) is 1. The van der Waals surface area contributed by atoms with Gasteiger partial charge in [0.2, 0.25) is 0 Å². The van der Waals surface area contributed by atoms with E-state index < -0.39 is 0 Å². The quantitative estimate of drug-likeness (QED) is 0.325. The summed E-state index contributed by atoms with van der Waals surface area (Å²) in [5, 5.41) is 3.08. The Labute approximate surface area is 109 Å². The summed E-state index contributed by atoms with van der Waals surface area (Å²) in [6, 6.07) is 0. The largest absolute Gasteiger partial charge is 0.370 e. The monoisotopic (exact) mass is 331 g/mol. The van der Waals surface area contributed by atoms with E-state index in [0.717, 1.165) is 31.7 Å². The summed E-state index contributed by atoms with van der Waals surface area (Å²) in [4.78, 5) is 4.20. The third-order valence-corrected chi connectivity index (χ3v) is 2.32. The van der Waals surface area contributed by atoms with Crippen LogP contribution in [0, 0.1) is 0 Å². The topological polar surface area (TPSA) is 50.4 Å². The van der Waals surface area contributed by atoms with E-state index in [1.165, 1.54) is 6.42 Å². The molecule has 5 heteroatoms. The molecule has 0 aromatic heterocycles. The fourth-order valence-electron chi connectivity index (χ4n) is 0.858. The Kier molecular flexibility index (Phi) is 16.0. The van der Waals surface area contributed by atoms with Crippen LogP contribution in [0.5, 0.6) is 0 Å². The normalized spacial score (nSPS) is 10.9. The van der Waals surface area contributed by atoms with Crippen molar-refractivity contribution < 1.29 is 0 Å². The molecule has 0 amide bonds. The minimum absolute atomic E-state index is 0. The predicted molar refractivity (Wildman–Crippen MR) is 77.8 cm³/mol. The zero-order chi connectivity index (χ0) is 9.94. The third-order valence-electron chi connectivity index (χ3n) is 1.63. The fraction of sp³-hybridized carbons (Fsp3) is 0.889. The molecule has 0 radical (unpaired) electrons. The average Bonchev–Trinajstić information content (AvgIpc) is 2.13. The van der Waals surface area contributed by atoms with Crippen LogP contribution in [0.15, 0.2) is 4.99 Å². The molecule has 3 nitrogen and oxygen atoms in total. The van der Waals surface area contributed by atoms with Crippen LogP contribution < -0.4 is 11.1 Å². The molecule has 0 bridgehead atoms. The summed E-state index contributed by atoms with van der Waals surface area (Å²) >= 11 is 1.84. The zero-order valence-electron chi connectivity index (χ0n) is 9.08. The molecule has 0 rings (SSSR count). The lowest BCUT2D eigenvalue weighted by Crippen LogP contribution is -2.32. The van der Waals surface area contributed by atoms with Crippen LogP contribution in [0.25, 0.3) is 0 Å². The molecule has 86 valence electrons. The second-order valence-corrected chi connectivity index (χ2v) is 3.88. The number of nitrogens with zero attached hydrogens (tertiary/aromatic N) is 1. The van der Waals surface area contributed by atoms with Gasteiger partial charge in [-0.3, -0.25) is 4.99 Å². The van der Waals surface area contributed by atoms with Gasteiger partial charge in [-0.25, -0.2) is 0 Å². The van der Waals surface area contributed by atoms with Crippen molar-refractivity contribution in [2.24, 2.45) is 10.7 Å². The van der Waals surface area contributed by atoms with E-state index in [2.05, 4.69) is 23.5 Å². The molecule has 0 fully saturated rings. The van der Waals surface area contributed by atoms with Gasteiger partial charge in [-0.2, -0.15) is 11.8 Å². The molecule has 0 saturated heterocycles. The second kappa shape index (κ2) is 13.4. The second-order valence-electron chi connectivity index (χ2n) is 2.89. The summed E-state index contributed by atoms with van der Waals surface area (Å²) in [6.07, 6.45) is 5.55. The molecule has 0 aliphatic heterocycles. The molecule has 0 heterocycles. The van der Waals surface area contributed by atoms with Crippen molar-refractivity contribution in [2.45, 2.75) is 26.2 Å². The predicted octanol–water partition coefficient (Wildman–Crippen LogP) is 2.06. The van der Waals surface area contributed by atoms with Gasteiger partial charge in [0.15, 0.2) is 5.96 Å². The van der Waals surface area contributed by atoms with Crippen LogP contribution >= 0.6 is 35.7 Å². The number of guanidine groups is 1. The van der Waals surface area contributed by atoms with Crippen LogP contribution in [0.2, 0.25) is 0 Å². The Morgan fingerprint density at radius 1 is 1.43 bits per heavy atom. The first-order valence-corrected chi connectivity index (χ1v) is 6.23. The molecule has 14 heavy (non-hydrogen) atoms. The molecule has 0 unspecified atom stereocenters. The summed E-state index contributed by atoms with van der Waals surface area (Å²) < 4.78 is 0. The maximum atomic E-state index is 5.63. The Bertz CT molecular complexity index is 142. The number of halogens is 1. The van der Waals surface area contributed by atoms with Crippen molar-refractivity contribution in [1.82, 2.24) is 5.32 Å². The smallest absolute Gasteiger partial charge is 0.188 e. The number of nitrogens with two attached hydrogens (primary N) is 1. The van der Waals surface area contributed by atoms with Gasteiger partial charge in [0, 0.05) is 13.1 Å². The lowest BCUT2D eigenvalue weighted by molar-refractivity contribution is 0.747. The highest BCUT2D eigenvalue weighted by Gasteiger charge is 1.89. The molecule has 0 saturated carbocycles. The van der Waals surface area contributed by atoms with Crippen molar-refractivity contribution in [3.05, 3.63) is 0 Å². The van der Waals surface area contributed by atoms with Crippen molar-refractivity contribution in [2.75, 3.05) is 25.1 Å². The van der Waals surface area contributed by atoms with Gasteiger partial charge < -0.3 is 11.1 Å². The highest BCUT2D eigenvalue weighted by Crippen LogP contribution is 1.94. The van der Waals surface area contributed by atoms with Gasteiger partial charge in [-0.1, -0.05) is 13.3 Å². The first-order valence-electron chi connectivity index (χ1n) is 4.84. The molecule has 0 aliphatic carbocycles. The molecule has 0 atom stereocenters. The average molecular weight is 331 g/mol.